The number of halogens is 3. The summed E-state index contributed by atoms with van der Waals surface area (Å²) in [4.78, 5) is 28.7. The monoisotopic (exact) mass is 342 g/mol. The summed E-state index contributed by atoms with van der Waals surface area (Å²) in [6, 6.07) is 1.67. The SMILES string of the molecule is Cc1ccn2ncc(C(=O)N3C[C@@H](C(F)(F)F)[C@H](C(=O)O)C3)c2n1. The molecule has 0 aromatic carbocycles. The van der Waals surface area contributed by atoms with Crippen LogP contribution in [0, 0.1) is 18.8 Å². The molecule has 1 aliphatic heterocycles. The summed E-state index contributed by atoms with van der Waals surface area (Å²) in [6.45, 7) is 0.515. The van der Waals surface area contributed by atoms with Crippen molar-refractivity contribution in [2.45, 2.75) is 13.1 Å². The lowest BCUT2D eigenvalue weighted by Gasteiger charge is -2.18. The van der Waals surface area contributed by atoms with Gasteiger partial charge in [0.1, 0.15) is 5.56 Å². The van der Waals surface area contributed by atoms with E-state index in [1.54, 1.807) is 19.2 Å². The van der Waals surface area contributed by atoms with Gasteiger partial charge in [-0.1, -0.05) is 0 Å². The number of hydrogen-bond donors (Lipinski definition) is 1. The van der Waals surface area contributed by atoms with E-state index in [9.17, 15) is 22.8 Å². The number of nitrogens with zero attached hydrogens (tertiary/aromatic N) is 4. The molecule has 0 bridgehead atoms. The van der Waals surface area contributed by atoms with Crippen molar-refractivity contribution in [2.75, 3.05) is 13.1 Å². The molecule has 0 unspecified atom stereocenters. The Hall–Kier alpha value is -2.65. The number of aromatic nitrogens is 3. The number of carbonyl (C=O) groups is 2. The fraction of sp³-hybridized carbons (Fsp3) is 0.429. The van der Waals surface area contributed by atoms with Crippen LogP contribution in [0.2, 0.25) is 0 Å². The second kappa shape index (κ2) is 5.46. The number of carbonyl (C=O) groups excluding carboxylic acids is 1. The molecule has 1 fully saturated rings. The highest BCUT2D eigenvalue weighted by Crippen LogP contribution is 2.38. The van der Waals surface area contributed by atoms with E-state index in [-0.39, 0.29) is 11.2 Å². The second-order valence-electron chi connectivity index (χ2n) is 5.70. The molecule has 0 radical (unpaired) electrons. The molecule has 3 rings (SSSR count). The summed E-state index contributed by atoms with van der Waals surface area (Å²) in [6.07, 6.45) is -1.88. The smallest absolute Gasteiger partial charge is 0.394 e. The highest BCUT2D eigenvalue weighted by molar-refractivity contribution is 6.00. The maximum absolute atomic E-state index is 13.0. The average molecular weight is 342 g/mol. The summed E-state index contributed by atoms with van der Waals surface area (Å²) >= 11 is 0. The van der Waals surface area contributed by atoms with E-state index in [1.165, 1.54) is 10.7 Å². The molecule has 1 aliphatic rings. The number of amides is 1. The van der Waals surface area contributed by atoms with Crippen molar-refractivity contribution in [3.8, 4) is 0 Å². The molecule has 3 heterocycles. The van der Waals surface area contributed by atoms with Crippen molar-refractivity contribution >= 4 is 17.5 Å². The Morgan fingerprint density at radius 2 is 2.04 bits per heavy atom. The van der Waals surface area contributed by atoms with Crippen molar-refractivity contribution < 1.29 is 27.9 Å². The van der Waals surface area contributed by atoms with E-state index in [0.717, 1.165) is 4.90 Å². The van der Waals surface area contributed by atoms with Gasteiger partial charge in [-0.2, -0.15) is 18.3 Å². The topological polar surface area (TPSA) is 87.8 Å². The molecular weight excluding hydrogens is 329 g/mol. The van der Waals surface area contributed by atoms with Crippen LogP contribution in [-0.4, -0.2) is 55.7 Å². The van der Waals surface area contributed by atoms with Gasteiger partial charge >= 0.3 is 12.1 Å². The standard InChI is InChI=1S/C14H13F3N4O3/c1-7-2-3-21-11(19-7)8(4-18-21)12(22)20-5-9(13(23)24)10(6-20)14(15,16)17/h2-4,9-10H,5-6H2,1H3,(H,23,24)/t9-,10-/m1/s1. The highest BCUT2D eigenvalue weighted by atomic mass is 19.4. The minimum atomic E-state index is -4.69. The lowest BCUT2D eigenvalue weighted by molar-refractivity contribution is -0.187. The van der Waals surface area contributed by atoms with Crippen LogP contribution in [0.1, 0.15) is 16.1 Å². The van der Waals surface area contributed by atoms with E-state index < -0.39 is 43.0 Å². The van der Waals surface area contributed by atoms with Crippen LogP contribution < -0.4 is 0 Å². The third-order valence-corrected chi connectivity index (χ3v) is 4.08. The summed E-state index contributed by atoms with van der Waals surface area (Å²) in [5.41, 5.74) is 0.892. The molecule has 2 aromatic rings. The number of carboxylic acid groups (broad SMARTS) is 1. The first-order valence-electron chi connectivity index (χ1n) is 7.08. The number of hydrogen-bond acceptors (Lipinski definition) is 4. The lowest BCUT2D eigenvalue weighted by Crippen LogP contribution is -2.34. The number of fused-ring (bicyclic) bond motifs is 1. The first kappa shape index (κ1) is 16.2. The van der Waals surface area contributed by atoms with Crippen LogP contribution in [-0.2, 0) is 4.79 Å². The minimum absolute atomic E-state index is 0.0469. The summed E-state index contributed by atoms with van der Waals surface area (Å²) in [5.74, 6) is -6.04. The van der Waals surface area contributed by atoms with Gasteiger partial charge in [-0.15, -0.1) is 0 Å². The Balaban J connectivity index is 1.92. The number of aliphatic carboxylic acids is 1. The van der Waals surface area contributed by atoms with Gasteiger partial charge in [0.15, 0.2) is 5.65 Å². The van der Waals surface area contributed by atoms with Crippen LogP contribution in [0.3, 0.4) is 0 Å². The molecule has 10 heteroatoms. The molecule has 24 heavy (non-hydrogen) atoms. The predicted octanol–water partition coefficient (Wildman–Crippen LogP) is 1.37. The maximum atomic E-state index is 13.0. The zero-order chi connectivity index (χ0) is 17.6. The van der Waals surface area contributed by atoms with Gasteiger partial charge < -0.3 is 10.0 Å². The van der Waals surface area contributed by atoms with E-state index in [4.69, 9.17) is 5.11 Å². The molecule has 1 N–H and O–H groups in total. The molecule has 128 valence electrons. The van der Waals surface area contributed by atoms with Crippen LogP contribution in [0.25, 0.3) is 5.65 Å². The Bertz CT molecular complexity index is 817. The zero-order valence-electron chi connectivity index (χ0n) is 12.5. The number of likely N-dealkylation sites (tertiary alicyclic amines) is 1. The first-order valence-corrected chi connectivity index (χ1v) is 7.08. The van der Waals surface area contributed by atoms with E-state index in [0.29, 0.717) is 5.69 Å². The molecule has 7 nitrogen and oxygen atoms in total. The second-order valence-corrected chi connectivity index (χ2v) is 5.70. The van der Waals surface area contributed by atoms with E-state index >= 15 is 0 Å². The van der Waals surface area contributed by atoms with Crippen LogP contribution >= 0.6 is 0 Å². The molecule has 1 amide bonds. The fourth-order valence-corrected chi connectivity index (χ4v) is 2.83. The molecule has 1 saturated heterocycles. The predicted molar refractivity (Wildman–Crippen MR) is 74.3 cm³/mol. The average Bonchev–Trinajstić information content (AvgIpc) is 3.10. The summed E-state index contributed by atoms with van der Waals surface area (Å²) in [5, 5.41) is 13.0. The lowest BCUT2D eigenvalue weighted by atomic mass is 9.96. The maximum Gasteiger partial charge on any atom is 0.394 e. The van der Waals surface area contributed by atoms with Gasteiger partial charge in [-0.3, -0.25) is 9.59 Å². The van der Waals surface area contributed by atoms with Gasteiger partial charge in [0.05, 0.1) is 18.0 Å². The van der Waals surface area contributed by atoms with Gasteiger partial charge in [0, 0.05) is 25.0 Å². The van der Waals surface area contributed by atoms with Crippen molar-refractivity contribution in [2.24, 2.45) is 11.8 Å². The first-order chi connectivity index (χ1) is 11.2. The number of alkyl halides is 3. The third kappa shape index (κ3) is 2.68. The largest absolute Gasteiger partial charge is 0.481 e. The highest BCUT2D eigenvalue weighted by Gasteiger charge is 2.53. The van der Waals surface area contributed by atoms with E-state index in [1.807, 2.05) is 0 Å². The number of aryl methyl sites for hydroxylation is 1. The van der Waals surface area contributed by atoms with Crippen molar-refractivity contribution in [1.29, 1.82) is 0 Å². The summed E-state index contributed by atoms with van der Waals surface area (Å²) < 4.78 is 40.4. The zero-order valence-corrected chi connectivity index (χ0v) is 12.5. The van der Waals surface area contributed by atoms with Gasteiger partial charge in [-0.05, 0) is 13.0 Å². The Labute approximate surface area is 133 Å². The van der Waals surface area contributed by atoms with Gasteiger partial charge in [0.2, 0.25) is 0 Å². The molecule has 0 spiro atoms. The van der Waals surface area contributed by atoms with Crippen LogP contribution in [0.5, 0.6) is 0 Å². The Kier molecular flexibility index (Phi) is 3.69. The molecular formula is C14H13F3N4O3. The molecule has 0 aliphatic carbocycles. The molecule has 0 saturated carbocycles. The molecule has 2 aromatic heterocycles. The van der Waals surface area contributed by atoms with E-state index in [2.05, 4.69) is 10.1 Å². The number of rotatable bonds is 2. The quantitative estimate of drug-likeness (QED) is 0.891. The van der Waals surface area contributed by atoms with Gasteiger partial charge in [0.25, 0.3) is 5.91 Å². The summed E-state index contributed by atoms with van der Waals surface area (Å²) in [7, 11) is 0. The van der Waals surface area contributed by atoms with Crippen molar-refractivity contribution in [3.63, 3.8) is 0 Å². The fourth-order valence-electron chi connectivity index (χ4n) is 2.83. The normalized spacial score (nSPS) is 21.4. The van der Waals surface area contributed by atoms with Crippen LogP contribution in [0.15, 0.2) is 18.5 Å². The molecule has 2 atom stereocenters. The minimum Gasteiger partial charge on any atom is -0.481 e. The Morgan fingerprint density at radius 1 is 1.33 bits per heavy atom. The van der Waals surface area contributed by atoms with Crippen molar-refractivity contribution in [1.82, 2.24) is 19.5 Å². The Morgan fingerprint density at radius 3 is 2.62 bits per heavy atom. The van der Waals surface area contributed by atoms with Crippen LogP contribution in [0.4, 0.5) is 13.2 Å². The third-order valence-electron chi connectivity index (χ3n) is 4.08. The number of carboxylic acids is 1. The van der Waals surface area contributed by atoms with Crippen molar-refractivity contribution in [3.05, 3.63) is 29.7 Å². The van der Waals surface area contributed by atoms with Gasteiger partial charge in [-0.25, -0.2) is 9.50 Å².